The van der Waals surface area contributed by atoms with Gasteiger partial charge in [-0.05, 0) is 12.5 Å². The summed E-state index contributed by atoms with van der Waals surface area (Å²) in [4.78, 5) is 7.76. The van der Waals surface area contributed by atoms with Gasteiger partial charge in [0, 0.05) is 22.7 Å². The van der Waals surface area contributed by atoms with E-state index >= 15 is 0 Å². The fourth-order valence-electron chi connectivity index (χ4n) is 1.64. The first-order valence-electron chi connectivity index (χ1n) is 5.76. The molecule has 0 aliphatic heterocycles. The molecule has 0 bridgehead atoms. The number of hydrogen-bond acceptors (Lipinski definition) is 5. The Morgan fingerprint density at radius 1 is 1.58 bits per heavy atom. The monoisotopic (exact) mass is 301 g/mol. The van der Waals surface area contributed by atoms with Crippen molar-refractivity contribution in [3.05, 3.63) is 34.5 Å². The highest BCUT2D eigenvalue weighted by Crippen LogP contribution is 2.22. The third-order valence-corrected chi connectivity index (χ3v) is 5.17. The Bertz CT molecular complexity index is 619. The van der Waals surface area contributed by atoms with Crippen molar-refractivity contribution in [2.75, 3.05) is 0 Å². The van der Waals surface area contributed by atoms with Gasteiger partial charge in [0.2, 0.25) is 10.0 Å². The number of imidazole rings is 1. The Kier molecular flexibility index (Phi) is 4.35. The number of sulfonamides is 1. The predicted molar refractivity (Wildman–Crippen MR) is 72.2 cm³/mol. The molecule has 0 saturated heterocycles. The fraction of sp³-hybridized carbons (Fsp3) is 0.364. The summed E-state index contributed by atoms with van der Waals surface area (Å²) in [6.07, 6.45) is 3.82. The van der Waals surface area contributed by atoms with Crippen LogP contribution in [-0.4, -0.2) is 23.5 Å². The highest BCUT2D eigenvalue weighted by molar-refractivity contribution is 7.89. The van der Waals surface area contributed by atoms with Crippen LogP contribution >= 0.6 is 11.3 Å². The van der Waals surface area contributed by atoms with Gasteiger partial charge in [-0.15, -0.1) is 11.3 Å². The van der Waals surface area contributed by atoms with E-state index in [0.717, 1.165) is 0 Å². The van der Waals surface area contributed by atoms with E-state index in [1.165, 1.54) is 22.8 Å². The Morgan fingerprint density at radius 2 is 2.37 bits per heavy atom. The molecular formula is C11H15N3O3S2. The van der Waals surface area contributed by atoms with Gasteiger partial charge in [-0.25, -0.2) is 18.1 Å². The summed E-state index contributed by atoms with van der Waals surface area (Å²) in [7, 11) is -3.60. The van der Waals surface area contributed by atoms with Crippen LogP contribution in [0.15, 0.2) is 28.7 Å². The zero-order valence-electron chi connectivity index (χ0n) is 10.3. The summed E-state index contributed by atoms with van der Waals surface area (Å²) < 4.78 is 27.0. The second-order valence-corrected chi connectivity index (χ2v) is 6.67. The maximum Gasteiger partial charge on any atom is 0.242 e. The molecule has 1 unspecified atom stereocenters. The van der Waals surface area contributed by atoms with Gasteiger partial charge in [-0.1, -0.05) is 6.92 Å². The van der Waals surface area contributed by atoms with Crippen molar-refractivity contribution < 1.29 is 13.5 Å². The summed E-state index contributed by atoms with van der Waals surface area (Å²) in [5.74, 6) is 0.587. The van der Waals surface area contributed by atoms with E-state index in [1.807, 2.05) is 6.92 Å². The van der Waals surface area contributed by atoms with E-state index < -0.39 is 16.1 Å². The lowest BCUT2D eigenvalue weighted by Gasteiger charge is -2.14. The Labute approximate surface area is 115 Å². The third kappa shape index (κ3) is 3.21. The summed E-state index contributed by atoms with van der Waals surface area (Å²) >= 11 is 1.22. The molecular weight excluding hydrogens is 286 g/mol. The molecule has 0 spiro atoms. The van der Waals surface area contributed by atoms with E-state index in [9.17, 15) is 8.42 Å². The normalized spacial score (nSPS) is 13.6. The number of rotatable bonds is 6. The molecule has 0 radical (unpaired) electrons. The second-order valence-electron chi connectivity index (χ2n) is 3.96. The zero-order valence-corrected chi connectivity index (χ0v) is 12.0. The number of aliphatic hydroxyl groups excluding tert-OH is 1. The van der Waals surface area contributed by atoms with Crippen molar-refractivity contribution in [2.45, 2.75) is 30.9 Å². The van der Waals surface area contributed by atoms with Gasteiger partial charge in [0.1, 0.15) is 5.82 Å². The first-order chi connectivity index (χ1) is 9.06. The highest BCUT2D eigenvalue weighted by atomic mass is 32.2. The largest absolute Gasteiger partial charge is 0.391 e. The molecule has 104 valence electrons. The summed E-state index contributed by atoms with van der Waals surface area (Å²) in [5.41, 5.74) is 0. The second kappa shape index (κ2) is 5.83. The molecule has 0 aliphatic rings. The molecule has 2 heterocycles. The minimum atomic E-state index is -3.60. The maximum atomic E-state index is 12.2. The lowest BCUT2D eigenvalue weighted by atomic mass is 10.2. The molecule has 0 aliphatic carbocycles. The van der Waals surface area contributed by atoms with Crippen LogP contribution < -0.4 is 4.72 Å². The minimum Gasteiger partial charge on any atom is -0.391 e. The fourth-order valence-corrected chi connectivity index (χ4v) is 4.06. The molecule has 2 aromatic rings. The minimum absolute atomic E-state index is 0.157. The first-order valence-corrected chi connectivity index (χ1v) is 8.13. The number of nitrogens with zero attached hydrogens (tertiary/aromatic N) is 1. The quantitative estimate of drug-likeness (QED) is 0.751. The Morgan fingerprint density at radius 3 is 2.89 bits per heavy atom. The standard InChI is InChI=1S/C11H15N3O3S2/c1-2-10(11-12-3-4-13-11)14-19(16,17)9-5-8(6-15)18-7-9/h3-5,7,10,14-15H,2,6H2,1H3,(H,12,13). The number of nitrogens with one attached hydrogen (secondary N) is 2. The lowest BCUT2D eigenvalue weighted by molar-refractivity contribution is 0.285. The lowest BCUT2D eigenvalue weighted by Crippen LogP contribution is -2.28. The maximum absolute atomic E-state index is 12.2. The van der Waals surface area contributed by atoms with Crippen LogP contribution in [0.5, 0.6) is 0 Å². The zero-order chi connectivity index (χ0) is 13.9. The van der Waals surface area contributed by atoms with Gasteiger partial charge in [0.05, 0.1) is 17.5 Å². The predicted octanol–water partition coefficient (Wildman–Crippen LogP) is 1.39. The summed E-state index contributed by atoms with van der Waals surface area (Å²) in [5, 5.41) is 10.5. The number of H-pyrrole nitrogens is 1. The smallest absolute Gasteiger partial charge is 0.242 e. The van der Waals surface area contributed by atoms with Gasteiger partial charge in [-0.2, -0.15) is 0 Å². The number of thiophene rings is 1. The van der Waals surface area contributed by atoms with Crippen LogP contribution in [0, 0.1) is 0 Å². The molecule has 1 atom stereocenters. The van der Waals surface area contributed by atoms with E-state index in [1.54, 1.807) is 12.4 Å². The number of aliphatic hydroxyl groups is 1. The average Bonchev–Trinajstić information content (AvgIpc) is 3.06. The van der Waals surface area contributed by atoms with Crippen LogP contribution in [0.2, 0.25) is 0 Å². The number of aromatic nitrogens is 2. The molecule has 0 fully saturated rings. The Balaban J connectivity index is 2.20. The first kappa shape index (κ1) is 14.2. The topological polar surface area (TPSA) is 95.1 Å². The van der Waals surface area contributed by atoms with Crippen molar-refractivity contribution in [1.29, 1.82) is 0 Å². The molecule has 0 amide bonds. The molecule has 2 aromatic heterocycles. The molecule has 2 rings (SSSR count). The van der Waals surface area contributed by atoms with Crippen molar-refractivity contribution in [2.24, 2.45) is 0 Å². The van der Waals surface area contributed by atoms with Crippen LogP contribution in [-0.2, 0) is 16.6 Å². The molecule has 3 N–H and O–H groups in total. The van der Waals surface area contributed by atoms with Crippen molar-refractivity contribution in [3.63, 3.8) is 0 Å². The summed E-state index contributed by atoms with van der Waals surface area (Å²) in [6.45, 7) is 1.72. The van der Waals surface area contributed by atoms with Gasteiger partial charge < -0.3 is 10.1 Å². The average molecular weight is 301 g/mol. The van der Waals surface area contributed by atoms with E-state index in [0.29, 0.717) is 17.1 Å². The summed E-state index contributed by atoms with van der Waals surface area (Å²) in [6, 6.07) is 1.08. The van der Waals surface area contributed by atoms with Gasteiger partial charge in [-0.3, -0.25) is 0 Å². The van der Waals surface area contributed by atoms with Crippen LogP contribution in [0.1, 0.15) is 30.1 Å². The van der Waals surface area contributed by atoms with Crippen LogP contribution in [0.25, 0.3) is 0 Å². The van der Waals surface area contributed by atoms with E-state index in [4.69, 9.17) is 5.11 Å². The van der Waals surface area contributed by atoms with Crippen molar-refractivity contribution >= 4 is 21.4 Å². The molecule has 19 heavy (non-hydrogen) atoms. The highest BCUT2D eigenvalue weighted by Gasteiger charge is 2.22. The number of aromatic amines is 1. The number of hydrogen-bond donors (Lipinski definition) is 3. The van der Waals surface area contributed by atoms with Gasteiger partial charge in [0.15, 0.2) is 0 Å². The van der Waals surface area contributed by atoms with Crippen LogP contribution in [0.3, 0.4) is 0 Å². The van der Waals surface area contributed by atoms with E-state index in [-0.39, 0.29) is 11.5 Å². The van der Waals surface area contributed by atoms with Crippen molar-refractivity contribution in [1.82, 2.24) is 14.7 Å². The molecule has 8 heteroatoms. The molecule has 0 saturated carbocycles. The van der Waals surface area contributed by atoms with Gasteiger partial charge in [0.25, 0.3) is 0 Å². The molecule has 0 aromatic carbocycles. The van der Waals surface area contributed by atoms with Crippen molar-refractivity contribution in [3.8, 4) is 0 Å². The molecule has 6 nitrogen and oxygen atoms in total. The SMILES string of the molecule is CCC(NS(=O)(=O)c1csc(CO)c1)c1ncc[nH]1. The van der Waals surface area contributed by atoms with Gasteiger partial charge >= 0.3 is 0 Å². The van der Waals surface area contributed by atoms with E-state index in [2.05, 4.69) is 14.7 Å². The Hall–Kier alpha value is -1.22. The van der Waals surface area contributed by atoms with Crippen LogP contribution in [0.4, 0.5) is 0 Å². The third-order valence-electron chi connectivity index (χ3n) is 2.65.